The van der Waals surface area contributed by atoms with E-state index in [1.807, 2.05) is 12.1 Å². The van der Waals surface area contributed by atoms with E-state index in [1.54, 1.807) is 20.3 Å². The second kappa shape index (κ2) is 10.4. The highest BCUT2D eigenvalue weighted by molar-refractivity contribution is 5.73. The number of carbonyl (C=O) groups excluding carboxylic acids is 1. The lowest BCUT2D eigenvalue weighted by Crippen LogP contribution is -2.39. The third-order valence-corrected chi connectivity index (χ3v) is 3.96. The highest BCUT2D eigenvalue weighted by Gasteiger charge is 2.33. The van der Waals surface area contributed by atoms with Gasteiger partial charge in [0.05, 0.1) is 19.8 Å². The molecule has 0 saturated carbocycles. The highest BCUT2D eigenvalue weighted by atomic mass is 19.4. The molecule has 0 aliphatic rings. The Bertz CT molecular complexity index is 816. The number of carbonyl (C=O) groups is 1. The van der Waals surface area contributed by atoms with E-state index < -0.39 is 17.8 Å². The van der Waals surface area contributed by atoms with Crippen LogP contribution in [0.25, 0.3) is 0 Å². The van der Waals surface area contributed by atoms with Crippen LogP contribution in [0, 0.1) is 0 Å². The van der Waals surface area contributed by atoms with Crippen LogP contribution < -0.4 is 25.4 Å². The number of rotatable bonds is 9. The third-order valence-electron chi connectivity index (χ3n) is 3.96. The quantitative estimate of drug-likeness (QED) is 0.552. The zero-order valence-electron chi connectivity index (χ0n) is 16.1. The molecule has 0 fully saturated rings. The first-order chi connectivity index (χ1) is 13.8. The van der Waals surface area contributed by atoms with Gasteiger partial charge in [0.2, 0.25) is 0 Å². The van der Waals surface area contributed by atoms with Crippen LogP contribution in [-0.2, 0) is 12.6 Å². The Hall–Kier alpha value is -3.17. The van der Waals surface area contributed by atoms with E-state index in [-0.39, 0.29) is 18.9 Å². The number of urea groups is 1. The van der Waals surface area contributed by atoms with Crippen molar-refractivity contribution in [1.82, 2.24) is 15.6 Å². The van der Waals surface area contributed by atoms with Crippen molar-refractivity contribution in [2.75, 3.05) is 39.2 Å². The summed E-state index contributed by atoms with van der Waals surface area (Å²) in [6, 6.07) is 7.24. The number of benzene rings is 1. The SMILES string of the molecule is COc1ccc(CCNC(=O)NCCNc2ncccc2C(F)(F)F)cc1OC. The number of methoxy groups -OCH3 is 2. The van der Waals surface area contributed by atoms with Gasteiger partial charge in [-0.15, -0.1) is 0 Å². The van der Waals surface area contributed by atoms with Crippen molar-refractivity contribution in [1.29, 1.82) is 0 Å². The molecule has 3 N–H and O–H groups in total. The molecule has 0 unspecified atom stereocenters. The molecule has 2 aromatic rings. The molecule has 2 rings (SSSR count). The number of ether oxygens (including phenoxy) is 2. The molecule has 0 bridgehead atoms. The minimum absolute atomic E-state index is 0.100. The predicted molar refractivity (Wildman–Crippen MR) is 102 cm³/mol. The molecule has 10 heteroatoms. The molecule has 2 amide bonds. The van der Waals surface area contributed by atoms with Gasteiger partial charge in [-0.2, -0.15) is 13.2 Å². The molecule has 0 atom stereocenters. The predicted octanol–water partition coefficient (Wildman–Crippen LogP) is 3.07. The fourth-order valence-electron chi connectivity index (χ4n) is 2.55. The maximum Gasteiger partial charge on any atom is 0.419 e. The second-order valence-corrected chi connectivity index (χ2v) is 5.95. The van der Waals surface area contributed by atoms with E-state index in [1.165, 1.54) is 12.3 Å². The Kier molecular flexibility index (Phi) is 7.93. The van der Waals surface area contributed by atoms with E-state index in [9.17, 15) is 18.0 Å². The van der Waals surface area contributed by atoms with Gasteiger partial charge in [-0.3, -0.25) is 0 Å². The molecule has 158 valence electrons. The van der Waals surface area contributed by atoms with Crippen LogP contribution in [-0.4, -0.2) is 44.9 Å². The van der Waals surface area contributed by atoms with Gasteiger partial charge in [-0.1, -0.05) is 6.07 Å². The Labute approximate surface area is 166 Å². The maximum atomic E-state index is 12.9. The highest BCUT2D eigenvalue weighted by Crippen LogP contribution is 2.33. The zero-order valence-corrected chi connectivity index (χ0v) is 16.1. The summed E-state index contributed by atoms with van der Waals surface area (Å²) in [6.07, 6.45) is -2.65. The van der Waals surface area contributed by atoms with Gasteiger partial charge >= 0.3 is 12.2 Å². The number of amides is 2. The van der Waals surface area contributed by atoms with Gasteiger partial charge in [-0.25, -0.2) is 9.78 Å². The standard InChI is InChI=1S/C19H23F3N4O3/c1-28-15-6-5-13(12-16(15)29-2)7-9-25-18(27)26-11-10-24-17-14(19(20,21)22)4-3-8-23-17/h3-6,8,12H,7,9-11H2,1-2H3,(H,23,24)(H2,25,26,27). The number of nitrogens with one attached hydrogen (secondary N) is 3. The van der Waals surface area contributed by atoms with E-state index in [4.69, 9.17) is 9.47 Å². The van der Waals surface area contributed by atoms with E-state index in [2.05, 4.69) is 20.9 Å². The number of hydrogen-bond acceptors (Lipinski definition) is 5. The summed E-state index contributed by atoms with van der Waals surface area (Å²) in [4.78, 5) is 15.5. The first-order valence-corrected chi connectivity index (χ1v) is 8.84. The zero-order chi connectivity index (χ0) is 21.3. The van der Waals surface area contributed by atoms with Crippen molar-refractivity contribution in [3.8, 4) is 11.5 Å². The number of nitrogens with zero attached hydrogens (tertiary/aromatic N) is 1. The number of aromatic nitrogens is 1. The van der Waals surface area contributed by atoms with Gasteiger partial charge in [-0.05, 0) is 36.2 Å². The minimum atomic E-state index is -4.49. The van der Waals surface area contributed by atoms with E-state index in [0.29, 0.717) is 24.5 Å². The summed E-state index contributed by atoms with van der Waals surface area (Å²) in [5.74, 6) is 0.958. The number of alkyl halides is 3. The molecule has 0 aliphatic carbocycles. The molecule has 0 radical (unpaired) electrons. The maximum absolute atomic E-state index is 12.9. The van der Waals surface area contributed by atoms with Crippen LogP contribution in [0.2, 0.25) is 0 Å². The molecule has 7 nitrogen and oxygen atoms in total. The third kappa shape index (κ3) is 6.74. The second-order valence-electron chi connectivity index (χ2n) is 5.95. The molecular weight excluding hydrogens is 389 g/mol. The summed E-state index contributed by atoms with van der Waals surface area (Å²) in [6.45, 7) is 0.618. The molecule has 29 heavy (non-hydrogen) atoms. The summed E-state index contributed by atoms with van der Waals surface area (Å²) < 4.78 is 49.0. The smallest absolute Gasteiger partial charge is 0.419 e. The average molecular weight is 412 g/mol. The summed E-state index contributed by atoms with van der Waals surface area (Å²) in [7, 11) is 3.10. The van der Waals surface area contributed by atoms with Crippen molar-refractivity contribution >= 4 is 11.8 Å². The van der Waals surface area contributed by atoms with Crippen molar-refractivity contribution in [2.24, 2.45) is 0 Å². The van der Waals surface area contributed by atoms with Crippen LogP contribution >= 0.6 is 0 Å². The fraction of sp³-hybridized carbons (Fsp3) is 0.368. The van der Waals surface area contributed by atoms with Crippen molar-refractivity contribution < 1.29 is 27.4 Å². The van der Waals surface area contributed by atoms with Gasteiger partial charge < -0.3 is 25.4 Å². The summed E-state index contributed by atoms with van der Waals surface area (Å²) in [5, 5.41) is 7.84. The van der Waals surface area contributed by atoms with E-state index >= 15 is 0 Å². The van der Waals surface area contributed by atoms with Crippen molar-refractivity contribution in [3.63, 3.8) is 0 Å². The number of halogens is 3. The lowest BCUT2D eigenvalue weighted by atomic mass is 10.1. The van der Waals surface area contributed by atoms with Gasteiger partial charge in [0, 0.05) is 25.8 Å². The monoisotopic (exact) mass is 412 g/mol. The molecular formula is C19H23F3N4O3. The first-order valence-electron chi connectivity index (χ1n) is 8.84. The number of pyridine rings is 1. The molecule has 0 saturated heterocycles. The normalized spacial score (nSPS) is 10.9. The Morgan fingerprint density at radius 3 is 2.45 bits per heavy atom. The van der Waals surface area contributed by atoms with Crippen molar-refractivity contribution in [3.05, 3.63) is 47.7 Å². The van der Waals surface area contributed by atoms with Crippen LogP contribution in [0.1, 0.15) is 11.1 Å². The molecule has 1 aromatic carbocycles. The van der Waals surface area contributed by atoms with Crippen LogP contribution in [0.15, 0.2) is 36.5 Å². The van der Waals surface area contributed by atoms with Gasteiger partial charge in [0.25, 0.3) is 0 Å². The lowest BCUT2D eigenvalue weighted by molar-refractivity contribution is -0.137. The molecule has 0 spiro atoms. The van der Waals surface area contributed by atoms with Gasteiger partial charge in [0.1, 0.15) is 5.82 Å². The Morgan fingerprint density at radius 2 is 1.76 bits per heavy atom. The van der Waals surface area contributed by atoms with Crippen LogP contribution in [0.3, 0.4) is 0 Å². The lowest BCUT2D eigenvalue weighted by Gasteiger charge is -2.13. The Morgan fingerprint density at radius 1 is 1.03 bits per heavy atom. The summed E-state index contributed by atoms with van der Waals surface area (Å²) >= 11 is 0. The largest absolute Gasteiger partial charge is 0.493 e. The molecule has 0 aliphatic heterocycles. The molecule has 1 heterocycles. The topological polar surface area (TPSA) is 84.5 Å². The van der Waals surface area contributed by atoms with Crippen LogP contribution in [0.4, 0.5) is 23.8 Å². The number of anilines is 1. The average Bonchev–Trinajstić information content (AvgIpc) is 2.70. The summed E-state index contributed by atoms with van der Waals surface area (Å²) in [5.41, 5.74) is 0.110. The van der Waals surface area contributed by atoms with E-state index in [0.717, 1.165) is 11.6 Å². The first kappa shape index (κ1) is 22.1. The van der Waals surface area contributed by atoms with Crippen LogP contribution in [0.5, 0.6) is 11.5 Å². The van der Waals surface area contributed by atoms with Gasteiger partial charge in [0.15, 0.2) is 11.5 Å². The Balaban J connectivity index is 1.71. The van der Waals surface area contributed by atoms with Crippen molar-refractivity contribution in [2.45, 2.75) is 12.6 Å². The fourth-order valence-corrected chi connectivity index (χ4v) is 2.55. The molecule has 1 aromatic heterocycles. The number of hydrogen-bond donors (Lipinski definition) is 3. The minimum Gasteiger partial charge on any atom is -0.493 e.